The molecule has 1 unspecified atom stereocenters. The van der Waals surface area contributed by atoms with Gasteiger partial charge in [0.15, 0.2) is 17.3 Å². The Morgan fingerprint density at radius 2 is 1.65 bits per heavy atom. The fourth-order valence-corrected chi connectivity index (χ4v) is 6.03. The number of hydrogen-bond acceptors (Lipinski definition) is 8. The number of carbonyl (C=O) groups excluding carboxylic acids is 2. The van der Waals surface area contributed by atoms with Gasteiger partial charge in [0.1, 0.15) is 5.75 Å². The van der Waals surface area contributed by atoms with Crippen LogP contribution in [0.4, 0.5) is 11.4 Å². The van der Waals surface area contributed by atoms with Gasteiger partial charge in [-0.05, 0) is 59.4 Å². The van der Waals surface area contributed by atoms with Gasteiger partial charge >= 0.3 is 0 Å². The van der Waals surface area contributed by atoms with Crippen molar-refractivity contribution in [2.75, 3.05) is 45.2 Å². The molecule has 1 atom stereocenters. The van der Waals surface area contributed by atoms with E-state index in [9.17, 15) is 9.59 Å². The molecule has 1 aliphatic heterocycles. The van der Waals surface area contributed by atoms with Crippen LogP contribution in [0.25, 0.3) is 0 Å². The van der Waals surface area contributed by atoms with Crippen molar-refractivity contribution in [1.82, 2.24) is 5.32 Å². The van der Waals surface area contributed by atoms with E-state index < -0.39 is 6.04 Å². The lowest BCUT2D eigenvalue weighted by Crippen LogP contribution is -2.42. The number of benzene rings is 3. The van der Waals surface area contributed by atoms with Crippen molar-refractivity contribution < 1.29 is 28.5 Å². The van der Waals surface area contributed by atoms with Gasteiger partial charge in [-0.25, -0.2) is 0 Å². The molecule has 2 aliphatic rings. The minimum absolute atomic E-state index is 0.00254. The second kappa shape index (κ2) is 12.3. The summed E-state index contributed by atoms with van der Waals surface area (Å²) >= 11 is 0. The first-order chi connectivity index (χ1) is 20.7. The molecule has 9 heteroatoms. The smallest absolute Gasteiger partial charge is 0.239 e. The van der Waals surface area contributed by atoms with Crippen molar-refractivity contribution in [1.29, 1.82) is 0 Å². The molecule has 0 spiro atoms. The highest BCUT2D eigenvalue weighted by Gasteiger charge is 2.42. The van der Waals surface area contributed by atoms with E-state index in [1.165, 1.54) is 0 Å². The monoisotopic (exact) mass is 585 g/mol. The second-order valence-electron chi connectivity index (χ2n) is 11.6. The number of hydrogen-bond donors (Lipinski definition) is 2. The lowest BCUT2D eigenvalue weighted by molar-refractivity contribution is -0.120. The summed E-state index contributed by atoms with van der Waals surface area (Å²) in [6.07, 6.45) is 1.07. The minimum Gasteiger partial charge on any atom is -0.497 e. The number of allylic oxidation sites excluding steroid dienone is 1. The standard InChI is InChI=1S/C34H39N3O6/c1-34(2)17-25-31(27(38)18-34)32(22-15-28(41-4)33(43-6)29(16-22)42-5)37(26-13-8-7-12-24(26)36-25)20-30(39)35-19-21-10-9-11-23(14-21)40-3/h7-16,32,36H,17-20H2,1-6H3,(H,35,39). The molecule has 9 nitrogen and oxygen atoms in total. The fraction of sp³-hybridized carbons (Fsp3) is 0.353. The summed E-state index contributed by atoms with van der Waals surface area (Å²) in [4.78, 5) is 29.7. The molecule has 0 saturated heterocycles. The maximum atomic E-state index is 14.0. The number of methoxy groups -OCH3 is 4. The fourth-order valence-electron chi connectivity index (χ4n) is 6.03. The van der Waals surface area contributed by atoms with Gasteiger partial charge in [-0.3, -0.25) is 9.59 Å². The number of para-hydroxylation sites is 2. The number of anilines is 2. The Balaban J connectivity index is 1.63. The van der Waals surface area contributed by atoms with Crippen LogP contribution in [-0.2, 0) is 16.1 Å². The molecule has 43 heavy (non-hydrogen) atoms. The molecule has 1 amide bonds. The molecule has 0 bridgehead atoms. The van der Waals surface area contributed by atoms with E-state index >= 15 is 0 Å². The van der Waals surface area contributed by atoms with Crippen molar-refractivity contribution in [2.24, 2.45) is 5.41 Å². The Hall–Kier alpha value is -4.66. The van der Waals surface area contributed by atoms with Gasteiger partial charge in [0.2, 0.25) is 11.7 Å². The number of fused-ring (bicyclic) bond motifs is 1. The van der Waals surface area contributed by atoms with E-state index in [1.54, 1.807) is 28.4 Å². The Morgan fingerprint density at radius 1 is 0.930 bits per heavy atom. The van der Waals surface area contributed by atoms with E-state index in [-0.39, 0.29) is 23.7 Å². The molecule has 2 N–H and O–H groups in total. The third-order valence-corrected chi connectivity index (χ3v) is 7.94. The third kappa shape index (κ3) is 6.11. The Bertz CT molecular complexity index is 1540. The lowest BCUT2D eigenvalue weighted by atomic mass is 9.73. The molecular weight excluding hydrogens is 546 g/mol. The maximum absolute atomic E-state index is 14.0. The molecular formula is C34H39N3O6. The van der Waals surface area contributed by atoms with Gasteiger partial charge in [0, 0.05) is 24.2 Å². The molecule has 1 aliphatic carbocycles. The number of ketones is 1. The van der Waals surface area contributed by atoms with Crippen LogP contribution < -0.4 is 34.5 Å². The number of Topliss-reactive ketones (excluding diaryl/α,β-unsaturated/α-hetero) is 1. The summed E-state index contributed by atoms with van der Waals surface area (Å²) < 4.78 is 22.3. The Kier molecular flexibility index (Phi) is 8.52. The van der Waals surface area contributed by atoms with Gasteiger partial charge in [-0.15, -0.1) is 0 Å². The van der Waals surface area contributed by atoms with Gasteiger partial charge in [-0.1, -0.05) is 38.1 Å². The van der Waals surface area contributed by atoms with E-state index in [0.717, 1.165) is 33.9 Å². The normalized spacial score (nSPS) is 17.2. The average Bonchev–Trinajstić information content (AvgIpc) is 3.13. The van der Waals surface area contributed by atoms with Crippen molar-refractivity contribution in [3.05, 3.63) is 83.1 Å². The van der Waals surface area contributed by atoms with Crippen LogP contribution in [0.3, 0.4) is 0 Å². The summed E-state index contributed by atoms with van der Waals surface area (Å²) in [7, 11) is 6.29. The zero-order chi connectivity index (χ0) is 30.7. The summed E-state index contributed by atoms with van der Waals surface area (Å²) in [6, 6.07) is 18.5. The van der Waals surface area contributed by atoms with Crippen LogP contribution in [-0.4, -0.2) is 46.7 Å². The van der Waals surface area contributed by atoms with E-state index in [0.29, 0.717) is 42.2 Å². The van der Waals surface area contributed by atoms with Gasteiger partial charge in [-0.2, -0.15) is 0 Å². The van der Waals surface area contributed by atoms with Crippen molar-refractivity contribution in [2.45, 2.75) is 39.3 Å². The van der Waals surface area contributed by atoms with E-state index in [4.69, 9.17) is 18.9 Å². The van der Waals surface area contributed by atoms with Crippen molar-refractivity contribution >= 4 is 23.1 Å². The quantitative estimate of drug-likeness (QED) is 0.332. The Morgan fingerprint density at radius 3 is 2.33 bits per heavy atom. The molecule has 226 valence electrons. The van der Waals surface area contributed by atoms with Crippen LogP contribution >= 0.6 is 0 Å². The molecule has 3 aromatic rings. The van der Waals surface area contributed by atoms with Crippen molar-refractivity contribution in [3.8, 4) is 23.0 Å². The summed E-state index contributed by atoms with van der Waals surface area (Å²) in [5.41, 5.74) is 4.56. The minimum atomic E-state index is -0.606. The van der Waals surface area contributed by atoms with Crippen LogP contribution in [0.1, 0.15) is 43.9 Å². The lowest BCUT2D eigenvalue weighted by Gasteiger charge is -2.38. The topological polar surface area (TPSA) is 98.4 Å². The number of ether oxygens (including phenoxy) is 4. The number of amides is 1. The van der Waals surface area contributed by atoms with Crippen molar-refractivity contribution in [3.63, 3.8) is 0 Å². The van der Waals surface area contributed by atoms with E-state index in [1.807, 2.05) is 65.6 Å². The molecule has 1 heterocycles. The maximum Gasteiger partial charge on any atom is 0.239 e. The highest BCUT2D eigenvalue weighted by atomic mass is 16.5. The molecule has 0 fully saturated rings. The SMILES string of the molecule is COc1cccc(CNC(=O)CN2c3ccccc3NC3=C(C(=O)CC(C)(C)C3)C2c2cc(OC)c(OC)c(OC)c2)c1. The molecule has 0 saturated carbocycles. The number of nitrogens with one attached hydrogen (secondary N) is 2. The predicted octanol–water partition coefficient (Wildman–Crippen LogP) is 5.65. The molecule has 3 aromatic carbocycles. The largest absolute Gasteiger partial charge is 0.497 e. The first-order valence-corrected chi connectivity index (χ1v) is 14.3. The first-order valence-electron chi connectivity index (χ1n) is 14.3. The number of rotatable bonds is 9. The number of nitrogens with zero attached hydrogens (tertiary/aromatic N) is 1. The van der Waals surface area contributed by atoms with Gasteiger partial charge in [0.05, 0.1) is 52.4 Å². The van der Waals surface area contributed by atoms with E-state index in [2.05, 4.69) is 24.5 Å². The zero-order valence-electron chi connectivity index (χ0n) is 25.6. The average molecular weight is 586 g/mol. The van der Waals surface area contributed by atoms with Crippen LogP contribution in [0.5, 0.6) is 23.0 Å². The van der Waals surface area contributed by atoms with Gasteiger partial charge in [0.25, 0.3) is 0 Å². The summed E-state index contributed by atoms with van der Waals surface area (Å²) in [5.74, 6) is 1.95. The van der Waals surface area contributed by atoms with Crippen LogP contribution in [0, 0.1) is 5.41 Å². The zero-order valence-corrected chi connectivity index (χ0v) is 25.6. The molecule has 0 aromatic heterocycles. The summed E-state index contributed by atoms with van der Waals surface area (Å²) in [5, 5.41) is 6.64. The highest BCUT2D eigenvalue weighted by Crippen LogP contribution is 2.50. The Labute approximate surface area is 252 Å². The highest BCUT2D eigenvalue weighted by molar-refractivity contribution is 6.02. The van der Waals surface area contributed by atoms with Gasteiger partial charge < -0.3 is 34.5 Å². The number of carbonyl (C=O) groups is 2. The van der Waals surface area contributed by atoms with Crippen LogP contribution in [0.2, 0.25) is 0 Å². The second-order valence-corrected chi connectivity index (χ2v) is 11.6. The first kappa shape index (κ1) is 29.8. The van der Waals surface area contributed by atoms with Crippen LogP contribution in [0.15, 0.2) is 71.9 Å². The molecule has 0 radical (unpaired) electrons. The third-order valence-electron chi connectivity index (χ3n) is 7.94. The summed E-state index contributed by atoms with van der Waals surface area (Å²) in [6.45, 7) is 4.54. The molecule has 5 rings (SSSR count). The predicted molar refractivity (Wildman–Crippen MR) is 166 cm³/mol.